The van der Waals surface area contributed by atoms with Gasteiger partial charge in [-0.25, -0.2) is 4.99 Å². The molecule has 0 spiro atoms. The molecule has 154 valence electrons. The summed E-state index contributed by atoms with van der Waals surface area (Å²) in [7, 11) is 0. The zero-order valence-electron chi connectivity index (χ0n) is 17.0. The molecule has 0 bridgehead atoms. The molecule has 0 radical (unpaired) electrons. The summed E-state index contributed by atoms with van der Waals surface area (Å²) in [5, 5.41) is 12.5. The summed E-state index contributed by atoms with van der Waals surface area (Å²) in [6, 6.07) is 17.5. The molecule has 3 heterocycles. The Morgan fingerprint density at radius 1 is 1.06 bits per heavy atom. The zero-order chi connectivity index (χ0) is 21.2. The molecule has 2 aliphatic heterocycles. The van der Waals surface area contributed by atoms with Crippen molar-refractivity contribution in [2.45, 2.75) is 25.4 Å². The van der Waals surface area contributed by atoms with E-state index in [1.54, 1.807) is 12.4 Å². The first-order valence-electron chi connectivity index (χ1n) is 10.4. The van der Waals surface area contributed by atoms with E-state index in [-0.39, 0.29) is 18.6 Å². The number of hydrogen-bond donors (Lipinski definition) is 2. The molecule has 5 rings (SSSR count). The van der Waals surface area contributed by atoms with Gasteiger partial charge in [0, 0.05) is 36.5 Å². The molecule has 0 saturated heterocycles. The van der Waals surface area contributed by atoms with Crippen LogP contribution in [0.1, 0.15) is 40.3 Å². The van der Waals surface area contributed by atoms with Crippen molar-refractivity contribution in [3.63, 3.8) is 0 Å². The first-order chi connectivity index (χ1) is 15.2. The van der Waals surface area contributed by atoms with Crippen LogP contribution in [0.15, 0.2) is 77.0 Å². The highest BCUT2D eigenvalue weighted by molar-refractivity contribution is 6.41. The molecule has 1 aromatic heterocycles. The third-order valence-electron chi connectivity index (χ3n) is 5.72. The number of aliphatic hydroxyl groups is 1. The fourth-order valence-electron chi connectivity index (χ4n) is 4.16. The lowest BCUT2D eigenvalue weighted by molar-refractivity contribution is -0.115. The molecule has 0 aliphatic carbocycles. The minimum atomic E-state index is -0.249. The van der Waals surface area contributed by atoms with Crippen LogP contribution in [0, 0.1) is 0 Å². The van der Waals surface area contributed by atoms with Crippen LogP contribution in [-0.2, 0) is 17.8 Å². The summed E-state index contributed by atoms with van der Waals surface area (Å²) in [4.78, 5) is 26.4. The number of nitrogens with zero attached hydrogens (tertiary/aromatic N) is 3. The second-order valence-electron chi connectivity index (χ2n) is 7.72. The summed E-state index contributed by atoms with van der Waals surface area (Å²) in [5.41, 5.74) is 7.55. The first kappa shape index (κ1) is 19.3. The van der Waals surface area contributed by atoms with E-state index in [4.69, 9.17) is 4.99 Å². The van der Waals surface area contributed by atoms with Crippen LogP contribution >= 0.6 is 0 Å². The normalized spacial score (nSPS) is 15.0. The van der Waals surface area contributed by atoms with Crippen LogP contribution in [0.5, 0.6) is 0 Å². The molecule has 0 fully saturated rings. The number of fused-ring (bicyclic) bond motifs is 2. The molecule has 6 heteroatoms. The molecule has 1 unspecified atom stereocenters. The van der Waals surface area contributed by atoms with Crippen molar-refractivity contribution in [1.29, 1.82) is 0 Å². The van der Waals surface area contributed by atoms with Crippen molar-refractivity contribution < 1.29 is 9.90 Å². The number of hydrogen-bond acceptors (Lipinski definition) is 5. The molecule has 31 heavy (non-hydrogen) atoms. The number of rotatable bonds is 6. The van der Waals surface area contributed by atoms with Crippen LogP contribution < -0.4 is 5.32 Å². The van der Waals surface area contributed by atoms with Gasteiger partial charge in [0.1, 0.15) is 5.71 Å². The zero-order valence-corrected chi connectivity index (χ0v) is 17.0. The summed E-state index contributed by atoms with van der Waals surface area (Å²) < 4.78 is 0. The quantitative estimate of drug-likeness (QED) is 0.654. The summed E-state index contributed by atoms with van der Waals surface area (Å²) in [5.74, 6) is -0.193. The molecular weight excluding hydrogens is 388 g/mol. The molecule has 2 aliphatic rings. The Balaban J connectivity index is 1.38. The molecule has 1 atom stereocenters. The predicted molar refractivity (Wildman–Crippen MR) is 120 cm³/mol. The standard InChI is InChI=1S/C25H22N4O2/c30-11-8-21(16-4-2-1-3-5-16)29-25(31)23-13-18-12-19-15-27-24(17-6-9-26-10-7-17)20(19)14-22(18)28-23/h1-7,9-10,12,14,21,30H,8,11,13,15H2,(H,29,31). The minimum absolute atomic E-state index is 0.00359. The molecular formula is C25H22N4O2. The van der Waals surface area contributed by atoms with Crippen LogP contribution in [0.25, 0.3) is 0 Å². The Morgan fingerprint density at radius 3 is 2.65 bits per heavy atom. The van der Waals surface area contributed by atoms with Crippen molar-refractivity contribution in [3.05, 3.63) is 94.8 Å². The van der Waals surface area contributed by atoms with Gasteiger partial charge in [0.2, 0.25) is 0 Å². The number of nitrogens with one attached hydrogen (secondary N) is 1. The van der Waals surface area contributed by atoms with E-state index in [2.05, 4.69) is 21.4 Å². The second kappa shape index (κ2) is 8.24. The maximum absolute atomic E-state index is 13.0. The van der Waals surface area contributed by atoms with Crippen molar-refractivity contribution >= 4 is 23.0 Å². The van der Waals surface area contributed by atoms with E-state index >= 15 is 0 Å². The number of pyridine rings is 1. The summed E-state index contributed by atoms with van der Waals surface area (Å²) in [6.07, 6.45) is 4.48. The van der Waals surface area contributed by atoms with Crippen LogP contribution in [0.3, 0.4) is 0 Å². The van der Waals surface area contributed by atoms with Crippen LogP contribution in [0.4, 0.5) is 5.69 Å². The SMILES string of the molecule is O=C(NC(CCO)c1ccccc1)C1=Nc2cc3c(cc2C1)CN=C3c1ccncc1. The van der Waals surface area contributed by atoms with Gasteiger partial charge in [-0.15, -0.1) is 0 Å². The lowest BCUT2D eigenvalue weighted by atomic mass is 9.97. The average molecular weight is 410 g/mol. The topological polar surface area (TPSA) is 86.9 Å². The van der Waals surface area contributed by atoms with Gasteiger partial charge in [-0.2, -0.15) is 0 Å². The lowest BCUT2D eigenvalue weighted by Gasteiger charge is -2.18. The van der Waals surface area contributed by atoms with Gasteiger partial charge >= 0.3 is 0 Å². The largest absolute Gasteiger partial charge is 0.396 e. The number of benzene rings is 2. The molecule has 3 aromatic rings. The summed E-state index contributed by atoms with van der Waals surface area (Å²) >= 11 is 0. The number of carbonyl (C=O) groups excluding carboxylic acids is 1. The highest BCUT2D eigenvalue weighted by Crippen LogP contribution is 2.34. The first-order valence-corrected chi connectivity index (χ1v) is 10.4. The van der Waals surface area contributed by atoms with Gasteiger partial charge < -0.3 is 10.4 Å². The van der Waals surface area contributed by atoms with E-state index in [1.807, 2.05) is 48.5 Å². The van der Waals surface area contributed by atoms with Gasteiger partial charge in [-0.1, -0.05) is 36.4 Å². The molecule has 6 nitrogen and oxygen atoms in total. The van der Waals surface area contributed by atoms with Gasteiger partial charge in [0.25, 0.3) is 5.91 Å². The van der Waals surface area contributed by atoms with E-state index in [9.17, 15) is 9.90 Å². The number of aliphatic imine (C=N–C) groups is 2. The van der Waals surface area contributed by atoms with E-state index < -0.39 is 0 Å². The minimum Gasteiger partial charge on any atom is -0.396 e. The van der Waals surface area contributed by atoms with Crippen molar-refractivity contribution in [3.8, 4) is 0 Å². The number of amides is 1. The van der Waals surface area contributed by atoms with Crippen LogP contribution in [0.2, 0.25) is 0 Å². The monoisotopic (exact) mass is 410 g/mol. The maximum atomic E-state index is 13.0. The number of carbonyl (C=O) groups is 1. The third-order valence-corrected chi connectivity index (χ3v) is 5.72. The Labute approximate surface area is 180 Å². The fraction of sp³-hybridized carbons (Fsp3) is 0.200. The highest BCUT2D eigenvalue weighted by atomic mass is 16.3. The van der Waals surface area contributed by atoms with Gasteiger partial charge in [-0.05, 0) is 41.3 Å². The lowest BCUT2D eigenvalue weighted by Crippen LogP contribution is -2.35. The second-order valence-corrected chi connectivity index (χ2v) is 7.72. The van der Waals surface area contributed by atoms with Gasteiger partial charge in [0.05, 0.1) is 24.0 Å². The Morgan fingerprint density at radius 2 is 1.87 bits per heavy atom. The van der Waals surface area contributed by atoms with E-state index in [0.29, 0.717) is 25.1 Å². The van der Waals surface area contributed by atoms with Crippen molar-refractivity contribution in [2.75, 3.05) is 6.61 Å². The fourth-order valence-corrected chi connectivity index (χ4v) is 4.16. The molecule has 2 N–H and O–H groups in total. The van der Waals surface area contributed by atoms with E-state index in [0.717, 1.165) is 39.2 Å². The number of aromatic nitrogens is 1. The molecule has 0 saturated carbocycles. The third kappa shape index (κ3) is 3.78. The Kier molecular flexibility index (Phi) is 5.14. The predicted octanol–water partition coefficient (Wildman–Crippen LogP) is 3.30. The smallest absolute Gasteiger partial charge is 0.266 e. The van der Waals surface area contributed by atoms with Crippen molar-refractivity contribution in [2.24, 2.45) is 9.98 Å². The maximum Gasteiger partial charge on any atom is 0.266 e. The summed E-state index contributed by atoms with van der Waals surface area (Å²) in [6.45, 7) is 0.630. The molecule has 2 aromatic carbocycles. The van der Waals surface area contributed by atoms with Gasteiger partial charge in [-0.3, -0.25) is 14.8 Å². The van der Waals surface area contributed by atoms with Crippen molar-refractivity contribution in [1.82, 2.24) is 10.3 Å². The molecule has 1 amide bonds. The average Bonchev–Trinajstić information content (AvgIpc) is 3.42. The Hall–Kier alpha value is -3.64. The number of aliphatic hydroxyl groups excluding tert-OH is 1. The van der Waals surface area contributed by atoms with E-state index in [1.165, 1.54) is 0 Å². The Bertz CT molecular complexity index is 1190. The van der Waals surface area contributed by atoms with Gasteiger partial charge in [0.15, 0.2) is 0 Å². The highest BCUT2D eigenvalue weighted by Gasteiger charge is 2.27. The van der Waals surface area contributed by atoms with Crippen LogP contribution in [-0.4, -0.2) is 34.0 Å².